The lowest BCUT2D eigenvalue weighted by Crippen LogP contribution is -2.61. The molecular formula is C16H22N2O2. The zero-order valence-corrected chi connectivity index (χ0v) is 12.5. The predicted molar refractivity (Wildman–Crippen MR) is 77.9 cm³/mol. The van der Waals surface area contributed by atoms with E-state index < -0.39 is 12.1 Å². The van der Waals surface area contributed by atoms with Crippen molar-refractivity contribution in [1.82, 2.24) is 10.2 Å². The largest absolute Gasteiger partial charge is 0.342 e. The van der Waals surface area contributed by atoms with Gasteiger partial charge in [-0.2, -0.15) is 0 Å². The Morgan fingerprint density at radius 2 is 1.70 bits per heavy atom. The van der Waals surface area contributed by atoms with Crippen molar-refractivity contribution in [3.8, 4) is 0 Å². The third-order valence-corrected chi connectivity index (χ3v) is 4.03. The maximum atomic E-state index is 12.5. The van der Waals surface area contributed by atoms with Gasteiger partial charge in [0.05, 0.1) is 0 Å². The molecule has 0 spiro atoms. The second-order valence-electron chi connectivity index (χ2n) is 5.77. The quantitative estimate of drug-likeness (QED) is 0.918. The van der Waals surface area contributed by atoms with Crippen LogP contribution in [0.5, 0.6) is 0 Å². The van der Waals surface area contributed by atoms with Crippen LogP contribution in [0, 0.1) is 5.92 Å². The van der Waals surface area contributed by atoms with Gasteiger partial charge in [0.1, 0.15) is 12.1 Å². The summed E-state index contributed by atoms with van der Waals surface area (Å²) in [4.78, 5) is 26.6. The molecule has 0 aliphatic carbocycles. The first kappa shape index (κ1) is 14.6. The molecule has 2 amide bonds. The Labute approximate surface area is 120 Å². The molecule has 2 rings (SSSR count). The van der Waals surface area contributed by atoms with Crippen molar-refractivity contribution in [2.24, 2.45) is 5.92 Å². The number of piperazine rings is 1. The first-order valence-corrected chi connectivity index (χ1v) is 7.11. The molecule has 1 aliphatic heterocycles. The highest BCUT2D eigenvalue weighted by Gasteiger charge is 2.42. The van der Waals surface area contributed by atoms with Gasteiger partial charge >= 0.3 is 0 Å². The molecule has 3 unspecified atom stereocenters. The van der Waals surface area contributed by atoms with Crippen LogP contribution in [0.4, 0.5) is 0 Å². The van der Waals surface area contributed by atoms with E-state index in [1.807, 2.05) is 37.3 Å². The predicted octanol–water partition coefficient (Wildman–Crippen LogP) is 2.12. The molecule has 1 saturated heterocycles. The Morgan fingerprint density at radius 1 is 1.10 bits per heavy atom. The number of nitrogens with one attached hydrogen (secondary N) is 1. The lowest BCUT2D eigenvalue weighted by atomic mass is 9.94. The summed E-state index contributed by atoms with van der Waals surface area (Å²) in [7, 11) is 0. The highest BCUT2D eigenvalue weighted by atomic mass is 16.2. The number of hydrogen-bond donors (Lipinski definition) is 1. The SMILES string of the molecule is CC1NC(=O)C(c2ccccc2)N(C(C)C(C)C)C1=O. The molecule has 1 fully saturated rings. The van der Waals surface area contributed by atoms with Crippen LogP contribution in [0.3, 0.4) is 0 Å². The van der Waals surface area contributed by atoms with Gasteiger partial charge in [-0.15, -0.1) is 0 Å². The van der Waals surface area contributed by atoms with Gasteiger partial charge in [-0.1, -0.05) is 44.2 Å². The Kier molecular flexibility index (Phi) is 4.12. The van der Waals surface area contributed by atoms with Crippen LogP contribution in [0.1, 0.15) is 39.3 Å². The lowest BCUT2D eigenvalue weighted by molar-refractivity contribution is -0.152. The Hall–Kier alpha value is -1.84. The molecule has 1 heterocycles. The fourth-order valence-corrected chi connectivity index (χ4v) is 2.54. The number of benzene rings is 1. The fourth-order valence-electron chi connectivity index (χ4n) is 2.54. The molecule has 0 saturated carbocycles. The van der Waals surface area contributed by atoms with E-state index in [4.69, 9.17) is 0 Å². The molecule has 108 valence electrons. The van der Waals surface area contributed by atoms with E-state index in [1.165, 1.54) is 0 Å². The summed E-state index contributed by atoms with van der Waals surface area (Å²) >= 11 is 0. The van der Waals surface area contributed by atoms with Gasteiger partial charge in [0, 0.05) is 6.04 Å². The van der Waals surface area contributed by atoms with Crippen LogP contribution in [0.25, 0.3) is 0 Å². The van der Waals surface area contributed by atoms with Gasteiger partial charge in [0.2, 0.25) is 11.8 Å². The fraction of sp³-hybridized carbons (Fsp3) is 0.500. The van der Waals surface area contributed by atoms with Crippen LogP contribution in [0.15, 0.2) is 30.3 Å². The van der Waals surface area contributed by atoms with E-state index in [-0.39, 0.29) is 17.9 Å². The summed E-state index contributed by atoms with van der Waals surface area (Å²) in [6.07, 6.45) is 0. The smallest absolute Gasteiger partial charge is 0.248 e. The van der Waals surface area contributed by atoms with Crippen LogP contribution in [0.2, 0.25) is 0 Å². The van der Waals surface area contributed by atoms with E-state index >= 15 is 0 Å². The monoisotopic (exact) mass is 274 g/mol. The van der Waals surface area contributed by atoms with Gasteiger partial charge in [-0.25, -0.2) is 0 Å². The van der Waals surface area contributed by atoms with Gasteiger partial charge in [0.15, 0.2) is 0 Å². The van der Waals surface area contributed by atoms with Gasteiger partial charge in [-0.3, -0.25) is 9.59 Å². The molecule has 3 atom stereocenters. The van der Waals surface area contributed by atoms with E-state index in [1.54, 1.807) is 11.8 Å². The molecule has 0 radical (unpaired) electrons. The van der Waals surface area contributed by atoms with Crippen molar-refractivity contribution >= 4 is 11.8 Å². The molecule has 1 aliphatic rings. The van der Waals surface area contributed by atoms with Crippen LogP contribution < -0.4 is 5.32 Å². The molecular weight excluding hydrogens is 252 g/mol. The zero-order chi connectivity index (χ0) is 14.9. The minimum Gasteiger partial charge on any atom is -0.342 e. The molecule has 20 heavy (non-hydrogen) atoms. The summed E-state index contributed by atoms with van der Waals surface area (Å²) in [5.41, 5.74) is 0.859. The lowest BCUT2D eigenvalue weighted by Gasteiger charge is -2.43. The van der Waals surface area contributed by atoms with Crippen molar-refractivity contribution in [1.29, 1.82) is 0 Å². The van der Waals surface area contributed by atoms with Crippen molar-refractivity contribution in [3.05, 3.63) is 35.9 Å². The van der Waals surface area contributed by atoms with Crippen LogP contribution >= 0.6 is 0 Å². The van der Waals surface area contributed by atoms with Crippen LogP contribution in [-0.4, -0.2) is 28.8 Å². The molecule has 0 bridgehead atoms. The average molecular weight is 274 g/mol. The standard InChI is InChI=1S/C16H22N2O2/c1-10(2)12(4)18-14(13-8-6-5-7-9-13)15(19)17-11(3)16(18)20/h5-12,14H,1-4H3,(H,17,19). The Morgan fingerprint density at radius 3 is 2.25 bits per heavy atom. The van der Waals surface area contributed by atoms with Crippen molar-refractivity contribution in [3.63, 3.8) is 0 Å². The van der Waals surface area contributed by atoms with E-state index in [9.17, 15) is 9.59 Å². The Balaban J connectivity index is 2.44. The molecule has 1 N–H and O–H groups in total. The highest BCUT2D eigenvalue weighted by Crippen LogP contribution is 2.29. The number of carbonyl (C=O) groups is 2. The minimum atomic E-state index is -0.530. The highest BCUT2D eigenvalue weighted by molar-refractivity contribution is 5.97. The molecule has 1 aromatic rings. The number of nitrogens with zero attached hydrogens (tertiary/aromatic N) is 1. The van der Waals surface area contributed by atoms with E-state index in [2.05, 4.69) is 19.2 Å². The maximum Gasteiger partial charge on any atom is 0.248 e. The molecule has 1 aromatic carbocycles. The van der Waals surface area contributed by atoms with E-state index in [0.29, 0.717) is 5.92 Å². The van der Waals surface area contributed by atoms with E-state index in [0.717, 1.165) is 5.56 Å². The minimum absolute atomic E-state index is 0.0142. The maximum absolute atomic E-state index is 12.5. The zero-order valence-electron chi connectivity index (χ0n) is 12.5. The number of rotatable bonds is 3. The summed E-state index contributed by atoms with van der Waals surface area (Å²) in [5, 5.41) is 2.77. The first-order chi connectivity index (χ1) is 9.43. The number of hydrogen-bond acceptors (Lipinski definition) is 2. The summed E-state index contributed by atoms with van der Waals surface area (Å²) in [5.74, 6) is 0.179. The summed E-state index contributed by atoms with van der Waals surface area (Å²) in [6, 6.07) is 8.51. The third kappa shape index (κ3) is 2.55. The topological polar surface area (TPSA) is 49.4 Å². The average Bonchev–Trinajstić information content (AvgIpc) is 2.42. The first-order valence-electron chi connectivity index (χ1n) is 7.11. The third-order valence-electron chi connectivity index (χ3n) is 4.03. The summed E-state index contributed by atoms with van der Waals surface area (Å²) in [6.45, 7) is 7.87. The summed E-state index contributed by atoms with van der Waals surface area (Å²) < 4.78 is 0. The number of carbonyl (C=O) groups excluding carboxylic acids is 2. The number of amides is 2. The van der Waals surface area contributed by atoms with Gasteiger partial charge < -0.3 is 10.2 Å². The van der Waals surface area contributed by atoms with Crippen molar-refractivity contribution in [2.45, 2.75) is 45.8 Å². The Bertz CT molecular complexity index is 498. The molecule has 4 nitrogen and oxygen atoms in total. The second kappa shape index (κ2) is 5.65. The normalized spacial score (nSPS) is 24.8. The van der Waals surface area contributed by atoms with Gasteiger partial charge in [0.25, 0.3) is 0 Å². The van der Waals surface area contributed by atoms with Crippen molar-refractivity contribution < 1.29 is 9.59 Å². The second-order valence-corrected chi connectivity index (χ2v) is 5.77. The van der Waals surface area contributed by atoms with Crippen LogP contribution in [-0.2, 0) is 9.59 Å². The molecule has 4 heteroatoms. The van der Waals surface area contributed by atoms with Crippen molar-refractivity contribution in [2.75, 3.05) is 0 Å². The molecule has 0 aromatic heterocycles. The van der Waals surface area contributed by atoms with Gasteiger partial charge in [-0.05, 0) is 25.3 Å².